The lowest BCUT2D eigenvalue weighted by Gasteiger charge is -2.12. The summed E-state index contributed by atoms with van der Waals surface area (Å²) < 4.78 is 7.41. The van der Waals surface area contributed by atoms with Crippen LogP contribution in [0.15, 0.2) is 48.5 Å². The molecular formula is C19H12Cl4N2O. The van der Waals surface area contributed by atoms with Gasteiger partial charge in [0.05, 0.1) is 32.9 Å². The fourth-order valence-corrected chi connectivity index (χ4v) is 3.31. The van der Waals surface area contributed by atoms with Crippen LogP contribution in [-0.4, -0.2) is 4.57 Å². The fraction of sp³-hybridized carbons (Fsp3) is 0.105. The lowest BCUT2D eigenvalue weighted by molar-refractivity contribution is 0.0654. The van der Waals surface area contributed by atoms with Crippen LogP contribution in [0.4, 0.5) is 0 Å². The Hall–Kier alpha value is -1.67. The number of nitriles is 1. The molecule has 1 heterocycles. The van der Waals surface area contributed by atoms with Crippen LogP contribution in [0.2, 0.25) is 20.2 Å². The van der Waals surface area contributed by atoms with E-state index in [-0.39, 0.29) is 22.5 Å². The molecule has 3 nitrogen and oxygen atoms in total. The van der Waals surface area contributed by atoms with E-state index in [0.29, 0.717) is 27.9 Å². The summed E-state index contributed by atoms with van der Waals surface area (Å²) in [4.78, 5) is 0. The van der Waals surface area contributed by atoms with Crippen LogP contribution in [0.1, 0.15) is 11.1 Å². The van der Waals surface area contributed by atoms with Crippen molar-refractivity contribution in [3.05, 3.63) is 79.9 Å². The minimum absolute atomic E-state index is 0.130. The Balaban J connectivity index is 1.96. The monoisotopic (exact) mass is 424 g/mol. The molecule has 3 aromatic rings. The lowest BCUT2D eigenvalue weighted by Crippen LogP contribution is -2.05. The summed E-state index contributed by atoms with van der Waals surface area (Å²) in [7, 11) is 0. The van der Waals surface area contributed by atoms with E-state index in [2.05, 4.69) is 6.07 Å². The Labute approximate surface area is 171 Å². The van der Waals surface area contributed by atoms with Gasteiger partial charge in [-0.2, -0.15) is 5.26 Å². The van der Waals surface area contributed by atoms with Crippen LogP contribution in [-0.2, 0) is 18.1 Å². The van der Waals surface area contributed by atoms with Crippen molar-refractivity contribution in [3.63, 3.8) is 0 Å². The molecule has 0 amide bonds. The molecule has 0 radical (unpaired) electrons. The Kier molecular flexibility index (Phi) is 6.13. The molecule has 0 saturated carbocycles. The number of halogens is 4. The van der Waals surface area contributed by atoms with Crippen LogP contribution in [0.3, 0.4) is 0 Å². The predicted octanol–water partition coefficient (Wildman–Crippen LogP) is 6.81. The largest absolute Gasteiger partial charge is 0.356 e. The molecule has 2 aromatic carbocycles. The first-order valence-corrected chi connectivity index (χ1v) is 9.08. The quantitative estimate of drug-likeness (QED) is 0.449. The highest BCUT2D eigenvalue weighted by atomic mass is 35.5. The molecule has 26 heavy (non-hydrogen) atoms. The highest BCUT2D eigenvalue weighted by molar-refractivity contribution is 6.43. The molecule has 0 atom stereocenters. The highest BCUT2D eigenvalue weighted by Crippen LogP contribution is 2.39. The van der Waals surface area contributed by atoms with Crippen LogP contribution >= 0.6 is 46.4 Å². The third-order valence-electron chi connectivity index (χ3n) is 3.78. The molecule has 0 aliphatic heterocycles. The maximum absolute atomic E-state index is 9.52. The smallest absolute Gasteiger partial charge is 0.131 e. The van der Waals surface area contributed by atoms with Crippen molar-refractivity contribution in [2.75, 3.05) is 0 Å². The molecule has 0 unspecified atom stereocenters. The maximum atomic E-state index is 9.52. The van der Waals surface area contributed by atoms with E-state index in [9.17, 15) is 5.26 Å². The minimum Gasteiger partial charge on any atom is -0.356 e. The number of nitrogens with zero attached hydrogens (tertiary/aromatic N) is 2. The normalized spacial score (nSPS) is 10.7. The van der Waals surface area contributed by atoms with Gasteiger partial charge in [-0.1, -0.05) is 82.8 Å². The molecule has 0 fully saturated rings. The molecule has 0 saturated heterocycles. The van der Waals surface area contributed by atoms with Crippen LogP contribution in [0.5, 0.6) is 0 Å². The lowest BCUT2D eigenvalue weighted by atomic mass is 10.1. The van der Waals surface area contributed by atoms with Gasteiger partial charge in [0.1, 0.15) is 18.0 Å². The van der Waals surface area contributed by atoms with E-state index < -0.39 is 0 Å². The van der Waals surface area contributed by atoms with Crippen molar-refractivity contribution >= 4 is 46.4 Å². The third-order valence-corrected chi connectivity index (χ3v) is 5.38. The van der Waals surface area contributed by atoms with Crippen LogP contribution in [0, 0.1) is 11.3 Å². The number of rotatable bonds is 5. The topological polar surface area (TPSA) is 38.0 Å². The van der Waals surface area contributed by atoms with Crippen molar-refractivity contribution in [3.8, 4) is 17.3 Å². The fourth-order valence-electron chi connectivity index (χ4n) is 2.55. The number of hydrogen-bond acceptors (Lipinski definition) is 2. The van der Waals surface area contributed by atoms with Gasteiger partial charge in [0.15, 0.2) is 0 Å². The highest BCUT2D eigenvalue weighted by Gasteiger charge is 2.22. The molecule has 0 aliphatic carbocycles. The molecule has 1 aromatic heterocycles. The number of benzene rings is 2. The average molecular weight is 426 g/mol. The zero-order valence-corrected chi connectivity index (χ0v) is 16.4. The molecular weight excluding hydrogens is 414 g/mol. The van der Waals surface area contributed by atoms with Crippen molar-refractivity contribution in [2.24, 2.45) is 0 Å². The summed E-state index contributed by atoms with van der Waals surface area (Å²) in [6.07, 6.45) is 0. The molecule has 0 bridgehead atoms. The predicted molar refractivity (Wildman–Crippen MR) is 106 cm³/mol. The van der Waals surface area contributed by atoms with E-state index in [0.717, 1.165) is 5.56 Å². The van der Waals surface area contributed by atoms with Crippen molar-refractivity contribution in [1.82, 2.24) is 4.57 Å². The first kappa shape index (κ1) is 19.1. The first-order valence-electron chi connectivity index (χ1n) is 7.57. The zero-order valence-electron chi connectivity index (χ0n) is 13.3. The third kappa shape index (κ3) is 3.86. The molecule has 0 N–H and O–H groups in total. The van der Waals surface area contributed by atoms with Gasteiger partial charge in [-0.15, -0.1) is 0 Å². The van der Waals surface area contributed by atoms with Crippen LogP contribution in [0.25, 0.3) is 11.3 Å². The summed E-state index contributed by atoms with van der Waals surface area (Å²) in [5, 5.41) is 10.7. The summed E-state index contributed by atoms with van der Waals surface area (Å²) in [5.41, 5.74) is 2.50. The van der Waals surface area contributed by atoms with E-state index in [1.807, 2.05) is 30.3 Å². The van der Waals surface area contributed by atoms with E-state index >= 15 is 0 Å². The maximum Gasteiger partial charge on any atom is 0.131 e. The SMILES string of the molecule is N#Cc1c(Cl)c(Cl)n(COCc2ccccc2)c1-c1ccc(Cl)c(Cl)c1. The summed E-state index contributed by atoms with van der Waals surface area (Å²) in [5.74, 6) is 0. The second kappa shape index (κ2) is 8.35. The molecule has 0 aliphatic rings. The number of hydrogen-bond donors (Lipinski definition) is 0. The van der Waals surface area contributed by atoms with Gasteiger partial charge in [-0.05, 0) is 17.7 Å². The average Bonchev–Trinajstić information content (AvgIpc) is 2.89. The minimum atomic E-state index is 0.130. The Morgan fingerprint density at radius 2 is 1.69 bits per heavy atom. The van der Waals surface area contributed by atoms with Gasteiger partial charge in [-0.3, -0.25) is 0 Å². The Morgan fingerprint density at radius 3 is 2.35 bits per heavy atom. The first-order chi connectivity index (χ1) is 12.5. The molecule has 132 valence electrons. The van der Waals surface area contributed by atoms with E-state index in [1.165, 1.54) is 0 Å². The van der Waals surface area contributed by atoms with E-state index in [1.54, 1.807) is 22.8 Å². The summed E-state index contributed by atoms with van der Waals surface area (Å²) in [6.45, 7) is 0.528. The van der Waals surface area contributed by atoms with Gasteiger partial charge in [0.25, 0.3) is 0 Å². The van der Waals surface area contributed by atoms with Gasteiger partial charge in [-0.25, -0.2) is 0 Å². The van der Waals surface area contributed by atoms with Gasteiger partial charge in [0, 0.05) is 5.56 Å². The summed E-state index contributed by atoms with van der Waals surface area (Å²) in [6, 6.07) is 16.9. The molecule has 0 spiro atoms. The second-order valence-electron chi connectivity index (χ2n) is 5.46. The Morgan fingerprint density at radius 1 is 0.962 bits per heavy atom. The van der Waals surface area contributed by atoms with Gasteiger partial charge in [0.2, 0.25) is 0 Å². The standard InChI is InChI=1S/C19H12Cl4N2O/c20-15-7-6-13(8-16(15)21)18-14(9-24)17(22)19(23)25(18)11-26-10-12-4-2-1-3-5-12/h1-8H,10-11H2. The van der Waals surface area contributed by atoms with E-state index in [4.69, 9.17) is 51.1 Å². The molecule has 3 rings (SSSR count). The van der Waals surface area contributed by atoms with Gasteiger partial charge >= 0.3 is 0 Å². The van der Waals surface area contributed by atoms with Crippen LogP contribution < -0.4 is 0 Å². The molecule has 7 heteroatoms. The van der Waals surface area contributed by atoms with Crippen molar-refractivity contribution < 1.29 is 4.74 Å². The Bertz CT molecular complexity index is 977. The van der Waals surface area contributed by atoms with Crippen molar-refractivity contribution in [1.29, 1.82) is 5.26 Å². The number of aromatic nitrogens is 1. The van der Waals surface area contributed by atoms with Gasteiger partial charge < -0.3 is 9.30 Å². The zero-order chi connectivity index (χ0) is 18.7. The summed E-state index contributed by atoms with van der Waals surface area (Å²) >= 11 is 24.7. The van der Waals surface area contributed by atoms with Crippen molar-refractivity contribution in [2.45, 2.75) is 13.3 Å². The number of ether oxygens (including phenoxy) is 1. The second-order valence-corrected chi connectivity index (χ2v) is 7.01.